The smallest absolute Gasteiger partial charge is 0.324 e. The van der Waals surface area contributed by atoms with E-state index in [9.17, 15) is 10.1 Å². The number of nitrogens with zero attached hydrogens (tertiary/aromatic N) is 2. The zero-order valence-corrected chi connectivity index (χ0v) is 10.2. The number of aliphatic hydroxyl groups excluding tert-OH is 2. The predicted octanol–water partition coefficient (Wildman–Crippen LogP) is 0.833. The first-order valence-electron chi connectivity index (χ1n) is 5.33. The van der Waals surface area contributed by atoms with Crippen LogP contribution in [0.1, 0.15) is 12.0 Å². The number of thiophene rings is 1. The summed E-state index contributed by atoms with van der Waals surface area (Å²) >= 11 is 1.10. The first kappa shape index (κ1) is 14.0. The number of hydrogen-bond donors (Lipinski definition) is 2. The first-order chi connectivity index (χ1) is 8.17. The molecule has 0 spiro atoms. The van der Waals surface area contributed by atoms with E-state index >= 15 is 0 Å². The van der Waals surface area contributed by atoms with Crippen LogP contribution in [0.2, 0.25) is 0 Å². The zero-order chi connectivity index (χ0) is 12.7. The minimum atomic E-state index is -0.404. The average molecular weight is 260 g/mol. The van der Waals surface area contributed by atoms with Crippen LogP contribution in [0.15, 0.2) is 11.4 Å². The highest BCUT2D eigenvalue weighted by molar-refractivity contribution is 7.13. The van der Waals surface area contributed by atoms with Crippen molar-refractivity contribution in [1.29, 1.82) is 0 Å². The molecule has 0 unspecified atom stereocenters. The van der Waals surface area contributed by atoms with E-state index < -0.39 is 4.92 Å². The summed E-state index contributed by atoms with van der Waals surface area (Å²) in [5.41, 5.74) is 0.869. The summed E-state index contributed by atoms with van der Waals surface area (Å²) in [6, 6.07) is 1.55. The molecular formula is C10H16N2O4S. The van der Waals surface area contributed by atoms with Gasteiger partial charge in [0.1, 0.15) is 0 Å². The number of hydrogen-bond acceptors (Lipinski definition) is 6. The van der Waals surface area contributed by atoms with Crippen molar-refractivity contribution >= 4 is 16.3 Å². The van der Waals surface area contributed by atoms with E-state index in [1.54, 1.807) is 11.4 Å². The van der Waals surface area contributed by atoms with E-state index in [4.69, 9.17) is 10.2 Å². The van der Waals surface area contributed by atoms with Crippen LogP contribution in [0.3, 0.4) is 0 Å². The number of nitro groups is 1. The van der Waals surface area contributed by atoms with Gasteiger partial charge < -0.3 is 10.2 Å². The molecule has 0 aliphatic heterocycles. The lowest BCUT2D eigenvalue weighted by Crippen LogP contribution is -2.27. The fourth-order valence-electron chi connectivity index (χ4n) is 1.51. The van der Waals surface area contributed by atoms with Gasteiger partial charge in [-0.2, -0.15) is 0 Å². The van der Waals surface area contributed by atoms with Gasteiger partial charge >= 0.3 is 5.00 Å². The Hall–Kier alpha value is -1.02. The predicted molar refractivity (Wildman–Crippen MR) is 65.0 cm³/mol. The van der Waals surface area contributed by atoms with Gasteiger partial charge in [0.2, 0.25) is 0 Å². The Bertz CT molecular complexity index is 356. The summed E-state index contributed by atoms with van der Waals surface area (Å²) in [5, 5.41) is 30.1. The van der Waals surface area contributed by atoms with Crippen LogP contribution in [0.25, 0.3) is 0 Å². The van der Waals surface area contributed by atoms with E-state index in [2.05, 4.69) is 0 Å². The Labute approximate surface area is 103 Å². The van der Waals surface area contributed by atoms with Crippen molar-refractivity contribution in [1.82, 2.24) is 4.90 Å². The van der Waals surface area contributed by atoms with Crippen LogP contribution < -0.4 is 0 Å². The molecule has 6 nitrogen and oxygen atoms in total. The molecule has 7 heteroatoms. The highest BCUT2D eigenvalue weighted by Crippen LogP contribution is 2.23. The standard InChI is InChI=1S/C10H16N2O4S/c13-4-1-2-11(3-5-14)7-9-6-10(12(15)16)17-8-9/h6,8,13-14H,1-5,7H2. The minimum Gasteiger partial charge on any atom is -0.396 e. The van der Waals surface area contributed by atoms with E-state index in [0.29, 0.717) is 26.1 Å². The second-order valence-electron chi connectivity index (χ2n) is 3.63. The molecule has 0 aromatic carbocycles. The van der Waals surface area contributed by atoms with Crippen LogP contribution in [-0.4, -0.2) is 46.3 Å². The van der Waals surface area contributed by atoms with Gasteiger partial charge in [-0.1, -0.05) is 11.3 Å². The SMILES string of the molecule is O=[N+]([O-])c1cc(CN(CCO)CCCO)cs1. The molecule has 0 saturated carbocycles. The molecule has 0 amide bonds. The second kappa shape index (κ2) is 7.33. The zero-order valence-electron chi connectivity index (χ0n) is 9.41. The van der Waals surface area contributed by atoms with Crippen molar-refractivity contribution in [3.63, 3.8) is 0 Å². The minimum absolute atomic E-state index is 0.0393. The van der Waals surface area contributed by atoms with E-state index in [-0.39, 0.29) is 18.2 Å². The van der Waals surface area contributed by atoms with Crippen molar-refractivity contribution in [3.05, 3.63) is 27.1 Å². The van der Waals surface area contributed by atoms with Gasteiger partial charge in [0.25, 0.3) is 0 Å². The van der Waals surface area contributed by atoms with Gasteiger partial charge in [-0.25, -0.2) is 0 Å². The molecule has 1 heterocycles. The maximum atomic E-state index is 10.5. The summed E-state index contributed by atoms with van der Waals surface area (Å²) < 4.78 is 0. The van der Waals surface area contributed by atoms with Gasteiger partial charge in [-0.15, -0.1) is 0 Å². The summed E-state index contributed by atoms with van der Waals surface area (Å²) in [4.78, 5) is 12.1. The average Bonchev–Trinajstić information content (AvgIpc) is 2.75. The summed E-state index contributed by atoms with van der Waals surface area (Å²) in [6.07, 6.45) is 0.631. The molecule has 0 fully saturated rings. The normalized spacial score (nSPS) is 11.0. The molecule has 1 rings (SSSR count). The lowest BCUT2D eigenvalue weighted by Gasteiger charge is -2.19. The maximum absolute atomic E-state index is 10.5. The van der Waals surface area contributed by atoms with Gasteiger partial charge in [0.15, 0.2) is 0 Å². The third kappa shape index (κ3) is 4.78. The van der Waals surface area contributed by atoms with Crippen molar-refractivity contribution in [2.75, 3.05) is 26.3 Å². The van der Waals surface area contributed by atoms with Crippen molar-refractivity contribution in [2.45, 2.75) is 13.0 Å². The van der Waals surface area contributed by atoms with Gasteiger partial charge in [-0.05, 0) is 12.0 Å². The fourth-order valence-corrected chi connectivity index (χ4v) is 2.23. The molecule has 0 atom stereocenters. The van der Waals surface area contributed by atoms with Crippen LogP contribution in [0, 0.1) is 10.1 Å². The lowest BCUT2D eigenvalue weighted by atomic mass is 10.3. The largest absolute Gasteiger partial charge is 0.396 e. The molecule has 0 bridgehead atoms. The van der Waals surface area contributed by atoms with E-state index in [0.717, 1.165) is 16.9 Å². The maximum Gasteiger partial charge on any atom is 0.324 e. The second-order valence-corrected chi connectivity index (χ2v) is 4.52. The summed E-state index contributed by atoms with van der Waals surface area (Å²) in [6.45, 7) is 1.87. The number of rotatable bonds is 8. The van der Waals surface area contributed by atoms with E-state index in [1.807, 2.05) is 4.90 Å². The Morgan fingerprint density at radius 3 is 2.65 bits per heavy atom. The molecule has 96 valence electrons. The Balaban J connectivity index is 2.55. The van der Waals surface area contributed by atoms with Crippen molar-refractivity contribution < 1.29 is 15.1 Å². The van der Waals surface area contributed by atoms with Crippen LogP contribution in [0.5, 0.6) is 0 Å². The van der Waals surface area contributed by atoms with Gasteiger partial charge in [-0.3, -0.25) is 15.0 Å². The monoisotopic (exact) mass is 260 g/mol. The molecular weight excluding hydrogens is 244 g/mol. The molecule has 0 aliphatic rings. The topological polar surface area (TPSA) is 86.8 Å². The third-order valence-electron chi connectivity index (χ3n) is 2.27. The third-order valence-corrected chi connectivity index (χ3v) is 3.20. The summed E-state index contributed by atoms with van der Waals surface area (Å²) in [7, 11) is 0. The van der Waals surface area contributed by atoms with Crippen LogP contribution in [-0.2, 0) is 6.54 Å². The Morgan fingerprint density at radius 2 is 2.12 bits per heavy atom. The highest BCUT2D eigenvalue weighted by Gasteiger charge is 2.12. The van der Waals surface area contributed by atoms with Crippen molar-refractivity contribution in [2.24, 2.45) is 0 Å². The molecule has 2 N–H and O–H groups in total. The molecule has 0 radical (unpaired) electrons. The summed E-state index contributed by atoms with van der Waals surface area (Å²) in [5.74, 6) is 0. The quantitative estimate of drug-likeness (QED) is 0.534. The van der Waals surface area contributed by atoms with Gasteiger partial charge in [0, 0.05) is 37.7 Å². The molecule has 0 saturated heterocycles. The Morgan fingerprint density at radius 1 is 1.35 bits per heavy atom. The Kier molecular flexibility index (Phi) is 6.06. The first-order valence-corrected chi connectivity index (χ1v) is 6.21. The van der Waals surface area contributed by atoms with E-state index in [1.165, 1.54) is 0 Å². The van der Waals surface area contributed by atoms with Crippen molar-refractivity contribution in [3.8, 4) is 0 Å². The lowest BCUT2D eigenvalue weighted by molar-refractivity contribution is -0.380. The molecule has 17 heavy (non-hydrogen) atoms. The van der Waals surface area contributed by atoms with Crippen LogP contribution in [0.4, 0.5) is 5.00 Å². The molecule has 0 aliphatic carbocycles. The highest BCUT2D eigenvalue weighted by atomic mass is 32.1. The molecule has 1 aromatic rings. The van der Waals surface area contributed by atoms with Gasteiger partial charge in [0.05, 0.1) is 11.5 Å². The fraction of sp³-hybridized carbons (Fsp3) is 0.600. The molecule has 1 aromatic heterocycles. The number of aliphatic hydroxyl groups is 2. The van der Waals surface area contributed by atoms with Crippen LogP contribution >= 0.6 is 11.3 Å².